The van der Waals surface area contributed by atoms with Gasteiger partial charge in [-0.05, 0) is 12.0 Å². The van der Waals surface area contributed by atoms with Crippen molar-refractivity contribution in [3.05, 3.63) is 48.5 Å². The lowest BCUT2D eigenvalue weighted by atomic mass is 10.1. The standard InChI is InChI=1S/C12H13N4O7P/c17-11-12(18)15-10-5(1-6(16(19)20)2-8(10)14-11)4-13-7-3-9(7)24(21,22)23/h1-2,7,9,13H,3-4H2,(H,14,17)(H,15,18)(H2,21,22,23). The first-order chi connectivity index (χ1) is 11.2. The molecule has 128 valence electrons. The number of nitro groups is 1. The molecule has 12 heteroatoms. The van der Waals surface area contributed by atoms with Gasteiger partial charge in [0.15, 0.2) is 0 Å². The molecule has 0 aliphatic heterocycles. The number of nitrogens with one attached hydrogen (secondary N) is 3. The summed E-state index contributed by atoms with van der Waals surface area (Å²) in [6.07, 6.45) is 0.296. The largest absolute Gasteiger partial charge is 0.330 e. The van der Waals surface area contributed by atoms with E-state index in [9.17, 15) is 24.3 Å². The number of non-ortho nitro benzene ring substituents is 1. The van der Waals surface area contributed by atoms with E-state index < -0.39 is 35.3 Å². The number of aromatic nitrogens is 2. The highest BCUT2D eigenvalue weighted by molar-refractivity contribution is 7.53. The Morgan fingerprint density at radius 3 is 2.54 bits per heavy atom. The quantitative estimate of drug-likeness (QED) is 0.206. The summed E-state index contributed by atoms with van der Waals surface area (Å²) in [5.41, 5.74) is -2.20. The summed E-state index contributed by atoms with van der Waals surface area (Å²) < 4.78 is 11.1. The van der Waals surface area contributed by atoms with Gasteiger partial charge in [0.2, 0.25) is 0 Å². The van der Waals surface area contributed by atoms with Gasteiger partial charge in [-0.3, -0.25) is 24.3 Å². The Balaban J connectivity index is 1.95. The van der Waals surface area contributed by atoms with Crippen LogP contribution in [0.3, 0.4) is 0 Å². The highest BCUT2D eigenvalue weighted by Crippen LogP contribution is 2.54. The van der Waals surface area contributed by atoms with E-state index >= 15 is 0 Å². The van der Waals surface area contributed by atoms with Gasteiger partial charge in [0.1, 0.15) is 0 Å². The number of H-pyrrole nitrogens is 2. The van der Waals surface area contributed by atoms with Gasteiger partial charge < -0.3 is 25.1 Å². The number of rotatable bonds is 5. The molecular formula is C12H13N4O7P. The highest BCUT2D eigenvalue weighted by Gasteiger charge is 2.49. The summed E-state index contributed by atoms with van der Waals surface area (Å²) in [5.74, 6) is 0. The van der Waals surface area contributed by atoms with Crippen molar-refractivity contribution < 1.29 is 19.3 Å². The third-order valence-corrected chi connectivity index (χ3v) is 5.29. The van der Waals surface area contributed by atoms with Crippen molar-refractivity contribution in [2.45, 2.75) is 24.7 Å². The van der Waals surface area contributed by atoms with E-state index in [4.69, 9.17) is 9.79 Å². The van der Waals surface area contributed by atoms with Crippen LogP contribution in [0, 0.1) is 10.1 Å². The molecule has 11 nitrogen and oxygen atoms in total. The number of hydrogen-bond donors (Lipinski definition) is 5. The fraction of sp³-hybridized carbons (Fsp3) is 0.333. The van der Waals surface area contributed by atoms with Crippen LogP contribution in [0.25, 0.3) is 11.0 Å². The maximum atomic E-state index is 11.5. The monoisotopic (exact) mass is 356 g/mol. The summed E-state index contributed by atoms with van der Waals surface area (Å²) >= 11 is 0. The van der Waals surface area contributed by atoms with Crippen LogP contribution in [0.5, 0.6) is 0 Å². The second-order valence-corrected chi connectivity index (χ2v) is 7.41. The summed E-state index contributed by atoms with van der Waals surface area (Å²) in [4.78, 5) is 56.0. The van der Waals surface area contributed by atoms with Crippen LogP contribution >= 0.6 is 7.60 Å². The predicted octanol–water partition coefficient (Wildman–Crippen LogP) is -0.467. The fourth-order valence-electron chi connectivity index (χ4n) is 2.54. The molecule has 1 aromatic carbocycles. The lowest BCUT2D eigenvalue weighted by molar-refractivity contribution is -0.384. The third kappa shape index (κ3) is 3.15. The van der Waals surface area contributed by atoms with E-state index in [1.807, 2.05) is 0 Å². The predicted molar refractivity (Wildman–Crippen MR) is 82.9 cm³/mol. The van der Waals surface area contributed by atoms with Gasteiger partial charge in [0, 0.05) is 24.7 Å². The molecule has 5 N–H and O–H groups in total. The smallest absolute Gasteiger partial charge is 0.324 e. The minimum Gasteiger partial charge on any atom is -0.324 e. The van der Waals surface area contributed by atoms with Gasteiger partial charge >= 0.3 is 18.7 Å². The number of benzene rings is 1. The van der Waals surface area contributed by atoms with Crippen LogP contribution in [0.4, 0.5) is 5.69 Å². The summed E-state index contributed by atoms with van der Waals surface area (Å²) in [6, 6.07) is 1.96. The summed E-state index contributed by atoms with van der Waals surface area (Å²) in [7, 11) is -4.17. The number of nitro benzene ring substituents is 1. The molecular weight excluding hydrogens is 343 g/mol. The summed E-state index contributed by atoms with van der Waals surface area (Å²) in [6.45, 7) is 0.0430. The first kappa shape index (κ1) is 16.5. The Hall–Kier alpha value is -2.33. The fourth-order valence-corrected chi connectivity index (χ4v) is 3.62. The first-order valence-corrected chi connectivity index (χ1v) is 8.57. The van der Waals surface area contributed by atoms with Crippen LogP contribution in [-0.2, 0) is 11.1 Å². The minimum absolute atomic E-state index is 0.0430. The molecule has 24 heavy (non-hydrogen) atoms. The van der Waals surface area contributed by atoms with Gasteiger partial charge in [-0.1, -0.05) is 0 Å². The van der Waals surface area contributed by atoms with Gasteiger partial charge in [-0.2, -0.15) is 0 Å². The molecule has 1 heterocycles. The molecule has 0 bridgehead atoms. The Morgan fingerprint density at radius 1 is 1.29 bits per heavy atom. The van der Waals surface area contributed by atoms with Crippen molar-refractivity contribution in [2.75, 3.05) is 0 Å². The van der Waals surface area contributed by atoms with Crippen LogP contribution in [-0.4, -0.2) is 36.4 Å². The van der Waals surface area contributed by atoms with Crippen molar-refractivity contribution in [1.29, 1.82) is 0 Å². The molecule has 0 saturated heterocycles. The van der Waals surface area contributed by atoms with E-state index in [0.29, 0.717) is 12.0 Å². The van der Waals surface area contributed by atoms with E-state index in [-0.39, 0.29) is 23.3 Å². The number of hydrogen-bond acceptors (Lipinski definition) is 6. The SMILES string of the molecule is O=c1[nH]c2cc([N+](=O)[O-])cc(CNC3CC3P(=O)(O)O)c2[nH]c1=O. The van der Waals surface area contributed by atoms with E-state index in [1.54, 1.807) is 0 Å². The normalized spacial score (nSPS) is 20.2. The molecule has 3 rings (SSSR count). The molecule has 1 aliphatic carbocycles. The third-order valence-electron chi connectivity index (χ3n) is 3.85. The van der Waals surface area contributed by atoms with Crippen molar-refractivity contribution in [3.8, 4) is 0 Å². The van der Waals surface area contributed by atoms with Crippen LogP contribution in [0.2, 0.25) is 0 Å². The minimum atomic E-state index is -4.17. The van der Waals surface area contributed by atoms with Gasteiger partial charge in [-0.25, -0.2) is 0 Å². The molecule has 2 unspecified atom stereocenters. The first-order valence-electron chi connectivity index (χ1n) is 6.89. The van der Waals surface area contributed by atoms with Crippen molar-refractivity contribution in [3.63, 3.8) is 0 Å². The lowest BCUT2D eigenvalue weighted by Gasteiger charge is -2.08. The molecule has 2 atom stereocenters. The Morgan fingerprint density at radius 2 is 1.96 bits per heavy atom. The highest BCUT2D eigenvalue weighted by atomic mass is 31.2. The average Bonchev–Trinajstić information content (AvgIpc) is 3.25. The number of nitrogens with zero attached hydrogens (tertiary/aromatic N) is 1. The Kier molecular flexibility index (Phi) is 3.88. The second-order valence-electron chi connectivity index (χ2n) is 5.57. The number of aromatic amines is 2. The maximum absolute atomic E-state index is 11.5. The molecule has 1 aromatic heterocycles. The van der Waals surface area contributed by atoms with Gasteiger partial charge in [0.05, 0.1) is 21.6 Å². The Labute approximate surface area is 133 Å². The molecule has 1 saturated carbocycles. The molecule has 0 spiro atoms. The van der Waals surface area contributed by atoms with Crippen molar-refractivity contribution >= 4 is 24.3 Å². The average molecular weight is 356 g/mol. The zero-order valence-corrected chi connectivity index (χ0v) is 12.9. The second kappa shape index (κ2) is 5.64. The van der Waals surface area contributed by atoms with Crippen molar-refractivity contribution in [2.24, 2.45) is 0 Å². The maximum Gasteiger partial charge on any atom is 0.330 e. The number of fused-ring (bicyclic) bond motifs is 1. The van der Waals surface area contributed by atoms with Crippen LogP contribution in [0.15, 0.2) is 21.7 Å². The topological polar surface area (TPSA) is 178 Å². The van der Waals surface area contributed by atoms with Crippen LogP contribution in [0.1, 0.15) is 12.0 Å². The van der Waals surface area contributed by atoms with Gasteiger partial charge in [0.25, 0.3) is 5.69 Å². The molecule has 0 radical (unpaired) electrons. The summed E-state index contributed by atoms with van der Waals surface area (Å²) in [5, 5.41) is 13.9. The zero-order chi connectivity index (χ0) is 17.6. The van der Waals surface area contributed by atoms with Crippen molar-refractivity contribution in [1.82, 2.24) is 15.3 Å². The lowest BCUT2D eigenvalue weighted by Crippen LogP contribution is -2.29. The zero-order valence-electron chi connectivity index (χ0n) is 12.1. The van der Waals surface area contributed by atoms with E-state index in [1.165, 1.54) is 6.07 Å². The Bertz CT molecular complexity index is 991. The van der Waals surface area contributed by atoms with E-state index in [2.05, 4.69) is 15.3 Å². The van der Waals surface area contributed by atoms with E-state index in [0.717, 1.165) is 6.07 Å². The molecule has 1 aliphatic rings. The molecule has 0 amide bonds. The van der Waals surface area contributed by atoms with Crippen LogP contribution < -0.4 is 16.4 Å². The molecule has 2 aromatic rings. The molecule has 1 fully saturated rings. The van der Waals surface area contributed by atoms with Gasteiger partial charge in [-0.15, -0.1) is 0 Å².